The molecule has 3 heteroatoms. The molecule has 13 heavy (non-hydrogen) atoms. The molecular formula is C10H15Cl2Zr. The van der Waals surface area contributed by atoms with Gasteiger partial charge in [-0.25, -0.2) is 17.7 Å². The summed E-state index contributed by atoms with van der Waals surface area (Å²) in [5, 5.41) is 0. The number of hydrogen-bond acceptors (Lipinski definition) is 0. The van der Waals surface area contributed by atoms with Gasteiger partial charge in [-0.15, -0.1) is 0 Å². The summed E-state index contributed by atoms with van der Waals surface area (Å²) in [6.45, 7) is 6.62. The Morgan fingerprint density at radius 1 is 1.38 bits per heavy atom. The quantitative estimate of drug-likeness (QED) is 0.480. The maximum atomic E-state index is 3.36. The Morgan fingerprint density at radius 2 is 1.92 bits per heavy atom. The summed E-state index contributed by atoms with van der Waals surface area (Å²) < 4.78 is 0. The van der Waals surface area contributed by atoms with Gasteiger partial charge in [-0.1, -0.05) is 27.2 Å². The van der Waals surface area contributed by atoms with Crippen LogP contribution in [0.25, 0.3) is 0 Å². The predicted octanol–water partition coefficient (Wildman–Crippen LogP) is -2.88. The summed E-state index contributed by atoms with van der Waals surface area (Å²) in [5.74, 6) is 0.779. The van der Waals surface area contributed by atoms with Crippen molar-refractivity contribution in [3.63, 3.8) is 0 Å². The van der Waals surface area contributed by atoms with Crippen molar-refractivity contribution in [2.75, 3.05) is 0 Å². The summed E-state index contributed by atoms with van der Waals surface area (Å²) in [5.41, 5.74) is 2.79. The van der Waals surface area contributed by atoms with Crippen LogP contribution in [0.3, 0.4) is 0 Å². The Labute approximate surface area is 113 Å². The SMILES string of the molecule is CC1=CCC(CC(C)C)=[C-]1.[Cl-].[Cl-].[Zr+3]. The van der Waals surface area contributed by atoms with Gasteiger partial charge in [-0.2, -0.15) is 5.57 Å². The number of allylic oxidation sites excluding steroid dienone is 4. The van der Waals surface area contributed by atoms with Gasteiger partial charge in [-0.3, -0.25) is 0 Å². The van der Waals surface area contributed by atoms with E-state index in [0.717, 1.165) is 12.3 Å². The predicted molar refractivity (Wildman–Crippen MR) is 44.6 cm³/mol. The van der Waals surface area contributed by atoms with Crippen molar-refractivity contribution in [3.8, 4) is 0 Å². The van der Waals surface area contributed by atoms with Gasteiger partial charge in [0.25, 0.3) is 0 Å². The molecule has 0 unspecified atom stereocenters. The monoisotopic (exact) mass is 295 g/mol. The molecule has 0 fully saturated rings. The standard InChI is InChI=1S/C10H15.2ClH.Zr/c1-8(2)6-10-5-4-9(3)7-10;;;/h4,8H,5-6H2,1-3H3;2*1H;/q-1;;;+3/p-2. The van der Waals surface area contributed by atoms with Crippen LogP contribution in [-0.2, 0) is 26.2 Å². The number of rotatable bonds is 2. The molecule has 0 bridgehead atoms. The van der Waals surface area contributed by atoms with E-state index in [4.69, 9.17) is 0 Å². The van der Waals surface area contributed by atoms with Gasteiger partial charge in [0.1, 0.15) is 0 Å². The molecule has 0 aliphatic heterocycles. The molecule has 0 N–H and O–H groups in total. The van der Waals surface area contributed by atoms with E-state index in [2.05, 4.69) is 32.9 Å². The molecule has 0 saturated heterocycles. The summed E-state index contributed by atoms with van der Waals surface area (Å²) in [4.78, 5) is 0. The average Bonchev–Trinajstić information content (AvgIpc) is 2.13. The van der Waals surface area contributed by atoms with Crippen LogP contribution in [0, 0.1) is 12.0 Å². The zero-order valence-corrected chi connectivity index (χ0v) is 12.3. The molecule has 0 aromatic carbocycles. The largest absolute Gasteiger partial charge is 3.00 e. The summed E-state index contributed by atoms with van der Waals surface area (Å²) >= 11 is 0. The molecule has 0 amide bonds. The second-order valence-electron chi connectivity index (χ2n) is 3.42. The van der Waals surface area contributed by atoms with E-state index < -0.39 is 0 Å². The van der Waals surface area contributed by atoms with E-state index in [0.29, 0.717) is 0 Å². The van der Waals surface area contributed by atoms with Crippen LogP contribution in [0.15, 0.2) is 17.2 Å². The van der Waals surface area contributed by atoms with Crippen molar-refractivity contribution in [2.24, 2.45) is 5.92 Å². The number of halogens is 2. The molecule has 0 spiro atoms. The Bertz CT molecular complexity index is 183. The minimum Gasteiger partial charge on any atom is -1.00 e. The zero-order chi connectivity index (χ0) is 7.56. The van der Waals surface area contributed by atoms with Crippen molar-refractivity contribution in [2.45, 2.75) is 33.6 Å². The van der Waals surface area contributed by atoms with E-state index in [1.54, 1.807) is 0 Å². The first kappa shape index (κ1) is 19.5. The fourth-order valence-corrected chi connectivity index (χ4v) is 1.28. The molecule has 0 aromatic heterocycles. The van der Waals surface area contributed by atoms with Crippen molar-refractivity contribution in [3.05, 3.63) is 23.3 Å². The normalized spacial score (nSPS) is 13.5. The maximum Gasteiger partial charge on any atom is 3.00 e. The van der Waals surface area contributed by atoms with Gasteiger partial charge in [0, 0.05) is 0 Å². The molecule has 1 aliphatic carbocycles. The van der Waals surface area contributed by atoms with Crippen molar-refractivity contribution in [1.82, 2.24) is 0 Å². The molecule has 73 valence electrons. The topological polar surface area (TPSA) is 0 Å². The summed E-state index contributed by atoms with van der Waals surface area (Å²) in [6, 6.07) is 0. The molecule has 0 heterocycles. The Balaban J connectivity index is -0.000000333. The van der Waals surface area contributed by atoms with Gasteiger partial charge in [0.15, 0.2) is 0 Å². The molecule has 0 atom stereocenters. The van der Waals surface area contributed by atoms with Crippen LogP contribution in [0.5, 0.6) is 0 Å². The second kappa shape index (κ2) is 9.50. The molecule has 1 radical (unpaired) electrons. The molecule has 1 rings (SSSR count). The molecule has 0 aromatic rings. The van der Waals surface area contributed by atoms with Crippen LogP contribution < -0.4 is 24.8 Å². The Morgan fingerprint density at radius 3 is 2.23 bits per heavy atom. The third-order valence-electron chi connectivity index (χ3n) is 1.68. The van der Waals surface area contributed by atoms with E-state index in [9.17, 15) is 0 Å². The van der Waals surface area contributed by atoms with Crippen LogP contribution >= 0.6 is 0 Å². The molecular weight excluding hydrogens is 282 g/mol. The van der Waals surface area contributed by atoms with Gasteiger partial charge in [0.2, 0.25) is 0 Å². The number of hydrogen-bond donors (Lipinski definition) is 0. The van der Waals surface area contributed by atoms with E-state index in [1.165, 1.54) is 17.6 Å². The fourth-order valence-electron chi connectivity index (χ4n) is 1.28. The van der Waals surface area contributed by atoms with Crippen LogP contribution in [0.2, 0.25) is 0 Å². The second-order valence-corrected chi connectivity index (χ2v) is 3.42. The van der Waals surface area contributed by atoms with E-state index in [-0.39, 0.29) is 51.0 Å². The van der Waals surface area contributed by atoms with E-state index in [1.807, 2.05) is 0 Å². The first-order chi connectivity index (χ1) is 4.68. The van der Waals surface area contributed by atoms with Gasteiger partial charge < -0.3 is 24.8 Å². The third-order valence-corrected chi connectivity index (χ3v) is 1.68. The van der Waals surface area contributed by atoms with Crippen molar-refractivity contribution < 1.29 is 51.0 Å². The van der Waals surface area contributed by atoms with Crippen LogP contribution in [0.4, 0.5) is 0 Å². The molecule has 0 saturated carbocycles. The maximum absolute atomic E-state index is 3.36. The van der Waals surface area contributed by atoms with Gasteiger partial charge >= 0.3 is 26.2 Å². The Kier molecular flexibility index (Phi) is 14.2. The minimum atomic E-state index is 0. The Hall–Kier alpha value is 0.943. The average molecular weight is 297 g/mol. The zero-order valence-electron chi connectivity index (χ0n) is 8.32. The van der Waals surface area contributed by atoms with Crippen molar-refractivity contribution >= 4 is 0 Å². The first-order valence-electron chi connectivity index (χ1n) is 3.97. The van der Waals surface area contributed by atoms with Crippen LogP contribution in [0.1, 0.15) is 33.6 Å². The molecule has 0 nitrogen and oxygen atoms in total. The van der Waals surface area contributed by atoms with E-state index >= 15 is 0 Å². The first-order valence-corrected chi connectivity index (χ1v) is 3.97. The fraction of sp³-hybridized carbons (Fsp3) is 0.600. The summed E-state index contributed by atoms with van der Waals surface area (Å²) in [6.07, 6.45) is 7.97. The third kappa shape index (κ3) is 7.97. The van der Waals surface area contributed by atoms with Gasteiger partial charge in [0.05, 0.1) is 0 Å². The van der Waals surface area contributed by atoms with Crippen molar-refractivity contribution in [1.29, 1.82) is 0 Å². The summed E-state index contributed by atoms with van der Waals surface area (Å²) in [7, 11) is 0. The van der Waals surface area contributed by atoms with Crippen LogP contribution in [-0.4, -0.2) is 0 Å². The smallest absolute Gasteiger partial charge is 1.00 e. The van der Waals surface area contributed by atoms with Gasteiger partial charge in [-0.05, 0) is 12.3 Å². The molecule has 1 aliphatic rings. The minimum absolute atomic E-state index is 0.